The Morgan fingerprint density at radius 2 is 2.00 bits per heavy atom. The van der Waals surface area contributed by atoms with Crippen LogP contribution in [0.15, 0.2) is 30.5 Å². The summed E-state index contributed by atoms with van der Waals surface area (Å²) in [5.41, 5.74) is 3.27. The number of rotatable bonds is 4. The number of methoxy groups -OCH3 is 1. The maximum atomic E-state index is 5.89. The first-order valence-electron chi connectivity index (χ1n) is 5.56. The van der Waals surface area contributed by atoms with Gasteiger partial charge in [-0.1, -0.05) is 6.92 Å². The van der Waals surface area contributed by atoms with Crippen LogP contribution in [0.1, 0.15) is 18.2 Å². The molecular formula is C13H15ClN2O. The quantitative estimate of drug-likeness (QED) is 0.780. The van der Waals surface area contributed by atoms with Crippen molar-refractivity contribution in [1.82, 2.24) is 9.78 Å². The molecule has 0 fully saturated rings. The number of hydrogen-bond acceptors (Lipinski definition) is 2. The lowest BCUT2D eigenvalue weighted by atomic mass is 10.2. The molecule has 0 atom stereocenters. The van der Waals surface area contributed by atoms with Crippen LogP contribution < -0.4 is 4.74 Å². The molecule has 1 aromatic heterocycles. The third-order valence-electron chi connectivity index (χ3n) is 2.75. The molecule has 90 valence electrons. The number of nitrogens with zero attached hydrogens (tertiary/aromatic N) is 2. The summed E-state index contributed by atoms with van der Waals surface area (Å²) in [5.74, 6) is 1.34. The minimum atomic E-state index is 0.499. The van der Waals surface area contributed by atoms with Crippen LogP contribution >= 0.6 is 11.6 Å². The molecule has 0 aliphatic heterocycles. The third-order valence-corrected chi connectivity index (χ3v) is 3.04. The van der Waals surface area contributed by atoms with Crippen molar-refractivity contribution in [3.8, 4) is 11.4 Å². The summed E-state index contributed by atoms with van der Waals surface area (Å²) in [5, 5.41) is 4.37. The van der Waals surface area contributed by atoms with Crippen molar-refractivity contribution in [3.63, 3.8) is 0 Å². The Morgan fingerprint density at radius 1 is 1.29 bits per heavy atom. The molecule has 0 spiro atoms. The van der Waals surface area contributed by atoms with Crippen LogP contribution in [0, 0.1) is 0 Å². The molecule has 0 saturated heterocycles. The SMILES string of the molecule is CCc1c(CCl)cnn1-c1ccc(OC)cc1. The van der Waals surface area contributed by atoms with Gasteiger partial charge in [-0.25, -0.2) is 4.68 Å². The first-order chi connectivity index (χ1) is 8.30. The fourth-order valence-electron chi connectivity index (χ4n) is 1.84. The minimum Gasteiger partial charge on any atom is -0.497 e. The van der Waals surface area contributed by atoms with Crippen LogP contribution in [0.4, 0.5) is 0 Å². The molecule has 0 bridgehead atoms. The molecule has 1 heterocycles. The van der Waals surface area contributed by atoms with E-state index in [-0.39, 0.29) is 0 Å². The lowest BCUT2D eigenvalue weighted by Gasteiger charge is -2.08. The van der Waals surface area contributed by atoms with Crippen molar-refractivity contribution < 1.29 is 4.74 Å². The van der Waals surface area contributed by atoms with Crippen LogP contribution in [0.2, 0.25) is 0 Å². The van der Waals surface area contributed by atoms with Gasteiger partial charge in [-0.05, 0) is 30.7 Å². The van der Waals surface area contributed by atoms with Crippen molar-refractivity contribution in [1.29, 1.82) is 0 Å². The van der Waals surface area contributed by atoms with E-state index in [0.29, 0.717) is 5.88 Å². The summed E-state index contributed by atoms with van der Waals surface area (Å²) < 4.78 is 7.06. The summed E-state index contributed by atoms with van der Waals surface area (Å²) in [4.78, 5) is 0. The lowest BCUT2D eigenvalue weighted by Crippen LogP contribution is -2.02. The molecule has 2 rings (SSSR count). The van der Waals surface area contributed by atoms with Crippen LogP contribution in [0.3, 0.4) is 0 Å². The monoisotopic (exact) mass is 250 g/mol. The topological polar surface area (TPSA) is 27.1 Å². The van der Waals surface area contributed by atoms with Crippen molar-refractivity contribution >= 4 is 11.6 Å². The van der Waals surface area contributed by atoms with E-state index in [2.05, 4.69) is 12.0 Å². The minimum absolute atomic E-state index is 0.499. The zero-order valence-electron chi connectivity index (χ0n) is 9.98. The average molecular weight is 251 g/mol. The Kier molecular flexibility index (Phi) is 3.69. The number of benzene rings is 1. The predicted octanol–water partition coefficient (Wildman–Crippen LogP) is 3.18. The van der Waals surface area contributed by atoms with Crippen LogP contribution in [-0.4, -0.2) is 16.9 Å². The standard InChI is InChI=1S/C13H15ClN2O/c1-3-13-10(8-14)9-15-16(13)11-4-6-12(17-2)7-5-11/h4-7,9H,3,8H2,1-2H3. The highest BCUT2D eigenvalue weighted by Crippen LogP contribution is 2.19. The number of aromatic nitrogens is 2. The van der Waals surface area contributed by atoms with E-state index < -0.39 is 0 Å². The van der Waals surface area contributed by atoms with Crippen molar-refractivity contribution in [2.75, 3.05) is 7.11 Å². The molecule has 0 radical (unpaired) electrons. The second kappa shape index (κ2) is 5.23. The molecule has 0 saturated carbocycles. The number of hydrogen-bond donors (Lipinski definition) is 0. The van der Waals surface area contributed by atoms with E-state index in [1.807, 2.05) is 35.1 Å². The second-order valence-electron chi connectivity index (χ2n) is 3.71. The highest BCUT2D eigenvalue weighted by Gasteiger charge is 2.09. The summed E-state index contributed by atoms with van der Waals surface area (Å²) in [6.07, 6.45) is 2.74. The van der Waals surface area contributed by atoms with Crippen LogP contribution in [0.5, 0.6) is 5.75 Å². The predicted molar refractivity (Wildman–Crippen MR) is 69.1 cm³/mol. The van der Waals surface area contributed by atoms with Crippen molar-refractivity contribution in [2.45, 2.75) is 19.2 Å². The molecule has 0 N–H and O–H groups in total. The van der Waals surface area contributed by atoms with Gasteiger partial charge in [-0.3, -0.25) is 0 Å². The Morgan fingerprint density at radius 3 is 2.53 bits per heavy atom. The first kappa shape index (κ1) is 12.0. The van der Waals surface area contributed by atoms with E-state index in [4.69, 9.17) is 16.3 Å². The first-order valence-corrected chi connectivity index (χ1v) is 6.09. The van der Waals surface area contributed by atoms with E-state index in [9.17, 15) is 0 Å². The van der Waals surface area contributed by atoms with Gasteiger partial charge in [0.25, 0.3) is 0 Å². The number of ether oxygens (including phenoxy) is 1. The number of halogens is 1. The van der Waals surface area contributed by atoms with Gasteiger partial charge in [0, 0.05) is 11.3 Å². The van der Waals surface area contributed by atoms with Crippen molar-refractivity contribution in [3.05, 3.63) is 41.7 Å². The van der Waals surface area contributed by atoms with Gasteiger partial charge in [-0.15, -0.1) is 11.6 Å². The summed E-state index contributed by atoms with van der Waals surface area (Å²) in [6.45, 7) is 2.10. The smallest absolute Gasteiger partial charge is 0.119 e. The molecule has 0 aliphatic carbocycles. The van der Waals surface area contributed by atoms with Crippen molar-refractivity contribution in [2.24, 2.45) is 0 Å². The highest BCUT2D eigenvalue weighted by molar-refractivity contribution is 6.17. The molecule has 0 aliphatic rings. The molecular weight excluding hydrogens is 236 g/mol. The van der Waals surface area contributed by atoms with Gasteiger partial charge in [0.1, 0.15) is 5.75 Å². The van der Waals surface area contributed by atoms with E-state index in [1.165, 1.54) is 0 Å². The third kappa shape index (κ3) is 2.29. The van der Waals surface area contributed by atoms with E-state index >= 15 is 0 Å². The van der Waals surface area contributed by atoms with Crippen LogP contribution in [0.25, 0.3) is 5.69 Å². The normalized spacial score (nSPS) is 10.5. The van der Waals surface area contributed by atoms with E-state index in [0.717, 1.165) is 29.1 Å². The Labute approximate surface area is 106 Å². The average Bonchev–Trinajstić information content (AvgIpc) is 2.81. The van der Waals surface area contributed by atoms with Gasteiger partial charge in [0.15, 0.2) is 0 Å². The molecule has 3 nitrogen and oxygen atoms in total. The van der Waals surface area contributed by atoms with Crippen LogP contribution in [-0.2, 0) is 12.3 Å². The molecule has 1 aromatic carbocycles. The molecule has 4 heteroatoms. The maximum Gasteiger partial charge on any atom is 0.119 e. The van der Waals surface area contributed by atoms with E-state index in [1.54, 1.807) is 7.11 Å². The second-order valence-corrected chi connectivity index (χ2v) is 3.98. The highest BCUT2D eigenvalue weighted by atomic mass is 35.5. The van der Waals surface area contributed by atoms with Gasteiger partial charge >= 0.3 is 0 Å². The fourth-order valence-corrected chi connectivity index (χ4v) is 2.07. The lowest BCUT2D eigenvalue weighted by molar-refractivity contribution is 0.414. The van der Waals surface area contributed by atoms with Gasteiger partial charge in [0.2, 0.25) is 0 Å². The summed E-state index contributed by atoms with van der Waals surface area (Å²) >= 11 is 5.89. The summed E-state index contributed by atoms with van der Waals surface area (Å²) in [6, 6.07) is 7.83. The number of alkyl halides is 1. The van der Waals surface area contributed by atoms with Gasteiger partial charge in [0.05, 0.1) is 24.9 Å². The maximum absolute atomic E-state index is 5.89. The van der Waals surface area contributed by atoms with Gasteiger partial charge in [-0.2, -0.15) is 5.10 Å². The Balaban J connectivity index is 2.41. The summed E-state index contributed by atoms with van der Waals surface area (Å²) in [7, 11) is 1.66. The zero-order chi connectivity index (χ0) is 12.3. The Hall–Kier alpha value is -1.48. The molecule has 0 amide bonds. The molecule has 2 aromatic rings. The van der Waals surface area contributed by atoms with Gasteiger partial charge < -0.3 is 4.74 Å². The fraction of sp³-hybridized carbons (Fsp3) is 0.308. The Bertz CT molecular complexity index is 491. The molecule has 17 heavy (non-hydrogen) atoms. The molecule has 0 unspecified atom stereocenters. The largest absolute Gasteiger partial charge is 0.497 e. The zero-order valence-corrected chi connectivity index (χ0v) is 10.7.